The van der Waals surface area contributed by atoms with Crippen molar-refractivity contribution in [2.24, 2.45) is 0 Å². The first kappa shape index (κ1) is 72.8. The van der Waals surface area contributed by atoms with E-state index in [1.807, 2.05) is 0 Å². The van der Waals surface area contributed by atoms with Crippen molar-refractivity contribution in [3.63, 3.8) is 0 Å². The number of allylic oxidation sites excluding steroid dienone is 20. The Morgan fingerprint density at radius 1 is 0.273 bits per heavy atom. The van der Waals surface area contributed by atoms with Crippen LogP contribution in [0.1, 0.15) is 290 Å². The average molecular weight is 1070 g/mol. The number of rotatable bonds is 57. The van der Waals surface area contributed by atoms with Crippen LogP contribution in [0.2, 0.25) is 0 Å². The predicted octanol–water partition coefficient (Wildman–Crippen LogP) is 22.0. The Morgan fingerprint density at radius 2 is 0.506 bits per heavy atom. The predicted molar refractivity (Wildman–Crippen MR) is 334 cm³/mol. The molecule has 6 nitrogen and oxygen atoms in total. The Balaban J connectivity index is 4.48. The highest BCUT2D eigenvalue weighted by Crippen LogP contribution is 2.14. The first-order valence-corrected chi connectivity index (χ1v) is 32.0. The molecule has 0 rings (SSSR count). The second kappa shape index (κ2) is 64.3. The Hall–Kier alpha value is -4.19. The van der Waals surface area contributed by atoms with Gasteiger partial charge in [-0.15, -0.1) is 0 Å². The summed E-state index contributed by atoms with van der Waals surface area (Å²) in [6, 6.07) is 0. The number of unbranched alkanes of at least 4 members (excludes halogenated alkanes) is 26. The summed E-state index contributed by atoms with van der Waals surface area (Å²) >= 11 is 0. The molecule has 1 atom stereocenters. The highest BCUT2D eigenvalue weighted by atomic mass is 16.6. The third-order valence-corrected chi connectivity index (χ3v) is 13.4. The van der Waals surface area contributed by atoms with Crippen LogP contribution in [0.25, 0.3) is 0 Å². The first-order chi connectivity index (χ1) is 38.0. The van der Waals surface area contributed by atoms with Gasteiger partial charge in [0.15, 0.2) is 6.10 Å². The van der Waals surface area contributed by atoms with E-state index in [9.17, 15) is 14.4 Å². The molecule has 0 bridgehead atoms. The van der Waals surface area contributed by atoms with Gasteiger partial charge in [-0.05, 0) is 135 Å². The molecule has 0 amide bonds. The molecule has 0 heterocycles. The van der Waals surface area contributed by atoms with Crippen LogP contribution in [0.5, 0.6) is 0 Å². The lowest BCUT2D eigenvalue weighted by molar-refractivity contribution is -0.167. The molecule has 77 heavy (non-hydrogen) atoms. The third-order valence-electron chi connectivity index (χ3n) is 13.4. The smallest absolute Gasteiger partial charge is 0.306 e. The molecule has 1 unspecified atom stereocenters. The summed E-state index contributed by atoms with van der Waals surface area (Å²) in [5, 5.41) is 0. The van der Waals surface area contributed by atoms with Crippen LogP contribution >= 0.6 is 0 Å². The van der Waals surface area contributed by atoms with Gasteiger partial charge in [-0.2, -0.15) is 0 Å². The maximum atomic E-state index is 12.9. The second-order valence-electron chi connectivity index (χ2n) is 20.9. The second-order valence-corrected chi connectivity index (χ2v) is 20.9. The Kier molecular flexibility index (Phi) is 60.8. The van der Waals surface area contributed by atoms with Gasteiger partial charge in [0.05, 0.1) is 0 Å². The van der Waals surface area contributed by atoms with Gasteiger partial charge in [0, 0.05) is 19.3 Å². The normalized spacial score (nSPS) is 12.9. The molecule has 0 N–H and O–H groups in total. The van der Waals surface area contributed by atoms with Crippen LogP contribution in [0.3, 0.4) is 0 Å². The summed E-state index contributed by atoms with van der Waals surface area (Å²) < 4.78 is 16.9. The van der Waals surface area contributed by atoms with Crippen LogP contribution in [-0.4, -0.2) is 37.2 Å². The first-order valence-electron chi connectivity index (χ1n) is 32.0. The topological polar surface area (TPSA) is 78.9 Å². The molecule has 0 aliphatic rings. The van der Waals surface area contributed by atoms with Gasteiger partial charge < -0.3 is 14.2 Å². The minimum absolute atomic E-state index is 0.105. The molecule has 0 saturated heterocycles. The van der Waals surface area contributed by atoms with Gasteiger partial charge >= 0.3 is 17.9 Å². The summed E-state index contributed by atoms with van der Waals surface area (Å²) in [5.41, 5.74) is 0. The van der Waals surface area contributed by atoms with E-state index in [0.717, 1.165) is 122 Å². The molecule has 0 aromatic heterocycles. The maximum Gasteiger partial charge on any atom is 0.306 e. The fraction of sp³-hybridized carbons (Fsp3) is 0.676. The molecule has 0 aromatic carbocycles. The van der Waals surface area contributed by atoms with Gasteiger partial charge in [0.25, 0.3) is 0 Å². The minimum atomic E-state index is -0.813. The Bertz CT molecular complexity index is 1600. The fourth-order valence-electron chi connectivity index (χ4n) is 8.62. The molecule has 0 radical (unpaired) electrons. The van der Waals surface area contributed by atoms with Crippen molar-refractivity contribution in [3.05, 3.63) is 122 Å². The minimum Gasteiger partial charge on any atom is -0.462 e. The van der Waals surface area contributed by atoms with E-state index in [0.29, 0.717) is 19.3 Å². The standard InChI is InChI=1S/C71H118O6/c1-4-7-10-13-16-19-22-25-28-30-32-34-35-37-38-40-43-46-49-52-55-58-61-64-70(73)76-67-68(66-75-69(72)63-60-57-54-51-48-45-42-27-24-21-18-15-12-9-6-3)77-71(74)65-62-59-56-53-50-47-44-41-39-36-33-31-29-26-23-20-17-14-11-8-5-2/h8,11,17,20,22,25-27,29-30,32-33,35-37,41-42,44,50,53,68H,4-7,9-10,12-16,18-19,21,23-24,28,31,34,38-40,43,45-49,51-52,54-67H2,1-3H3/b11-8-,20-17-,25-22-,29-26-,32-30-,36-33-,37-35-,42-27-,44-41-,53-50-. The van der Waals surface area contributed by atoms with Crippen LogP contribution in [0.15, 0.2) is 122 Å². The maximum absolute atomic E-state index is 12.9. The van der Waals surface area contributed by atoms with Crippen molar-refractivity contribution in [2.45, 2.75) is 297 Å². The fourth-order valence-corrected chi connectivity index (χ4v) is 8.62. The highest BCUT2D eigenvalue weighted by Gasteiger charge is 2.19. The van der Waals surface area contributed by atoms with Gasteiger partial charge in [-0.3, -0.25) is 14.4 Å². The van der Waals surface area contributed by atoms with E-state index in [-0.39, 0.29) is 37.5 Å². The number of carbonyl (C=O) groups excluding carboxylic acids is 3. The van der Waals surface area contributed by atoms with Crippen molar-refractivity contribution in [1.29, 1.82) is 0 Å². The van der Waals surface area contributed by atoms with Crippen molar-refractivity contribution in [3.8, 4) is 0 Å². The molecule has 438 valence electrons. The lowest BCUT2D eigenvalue weighted by Gasteiger charge is -2.18. The lowest BCUT2D eigenvalue weighted by atomic mass is 10.1. The molecule has 0 saturated carbocycles. The zero-order valence-electron chi connectivity index (χ0n) is 50.2. The van der Waals surface area contributed by atoms with Crippen molar-refractivity contribution >= 4 is 17.9 Å². The molecule has 0 aromatic rings. The van der Waals surface area contributed by atoms with E-state index < -0.39 is 6.10 Å². The quantitative estimate of drug-likeness (QED) is 0.0261. The lowest BCUT2D eigenvalue weighted by Crippen LogP contribution is -2.30. The number of hydrogen-bond acceptors (Lipinski definition) is 6. The summed E-state index contributed by atoms with van der Waals surface area (Å²) in [6.45, 7) is 6.47. The van der Waals surface area contributed by atoms with E-state index in [1.165, 1.54) is 122 Å². The third kappa shape index (κ3) is 62.5. The molecular weight excluding hydrogens is 949 g/mol. The van der Waals surface area contributed by atoms with Crippen molar-refractivity contribution < 1.29 is 28.6 Å². The Morgan fingerprint density at radius 3 is 0.831 bits per heavy atom. The molecule has 0 spiro atoms. The van der Waals surface area contributed by atoms with Crippen LogP contribution in [0, 0.1) is 0 Å². The van der Waals surface area contributed by atoms with Gasteiger partial charge in [-0.25, -0.2) is 0 Å². The summed E-state index contributed by atoms with van der Waals surface area (Å²) in [5.74, 6) is -0.959. The molecular formula is C71H118O6. The SMILES string of the molecule is CC/C=C\C/C=C\C/C=C\C/C=C\C/C=C\C/C=C\CCCCC(=O)OC(COC(=O)CCCCCCC/C=C\CCCCCCCC)COC(=O)CCCCCCCCCC/C=C\C/C=C\C/C=C\CCCCCCC. The average Bonchev–Trinajstić information content (AvgIpc) is 3.43. The number of carbonyl (C=O) groups is 3. The molecule has 0 aliphatic heterocycles. The number of ether oxygens (including phenoxy) is 3. The van der Waals surface area contributed by atoms with Gasteiger partial charge in [0.1, 0.15) is 13.2 Å². The summed E-state index contributed by atoms with van der Waals surface area (Å²) in [6.07, 6.45) is 89.1. The zero-order valence-corrected chi connectivity index (χ0v) is 50.2. The van der Waals surface area contributed by atoms with Gasteiger partial charge in [-0.1, -0.05) is 258 Å². The molecule has 0 fully saturated rings. The van der Waals surface area contributed by atoms with Crippen LogP contribution < -0.4 is 0 Å². The highest BCUT2D eigenvalue weighted by molar-refractivity contribution is 5.71. The van der Waals surface area contributed by atoms with Crippen molar-refractivity contribution in [1.82, 2.24) is 0 Å². The van der Waals surface area contributed by atoms with E-state index in [4.69, 9.17) is 14.2 Å². The zero-order chi connectivity index (χ0) is 55.7. The van der Waals surface area contributed by atoms with Crippen LogP contribution in [0.4, 0.5) is 0 Å². The largest absolute Gasteiger partial charge is 0.462 e. The van der Waals surface area contributed by atoms with E-state index >= 15 is 0 Å². The molecule has 6 heteroatoms. The van der Waals surface area contributed by atoms with Gasteiger partial charge in [0.2, 0.25) is 0 Å². The van der Waals surface area contributed by atoms with Crippen molar-refractivity contribution in [2.75, 3.05) is 13.2 Å². The Labute approximate surface area is 475 Å². The molecule has 0 aliphatic carbocycles. The summed E-state index contributed by atoms with van der Waals surface area (Å²) in [7, 11) is 0. The monoisotopic (exact) mass is 1070 g/mol. The summed E-state index contributed by atoms with van der Waals surface area (Å²) in [4.78, 5) is 38.3. The number of esters is 3. The van der Waals surface area contributed by atoms with E-state index in [1.54, 1.807) is 0 Å². The number of hydrogen-bond donors (Lipinski definition) is 0. The van der Waals surface area contributed by atoms with Crippen LogP contribution in [-0.2, 0) is 28.6 Å². The van der Waals surface area contributed by atoms with E-state index in [2.05, 4.69) is 142 Å².